The van der Waals surface area contributed by atoms with Crippen LogP contribution >= 0.6 is 0 Å². The van der Waals surface area contributed by atoms with Gasteiger partial charge in [0.05, 0.1) is 7.11 Å². The van der Waals surface area contributed by atoms with Crippen LogP contribution in [0.1, 0.15) is 25.0 Å². The van der Waals surface area contributed by atoms with Crippen molar-refractivity contribution in [3.63, 3.8) is 0 Å². The number of rotatable bonds is 9. The quantitative estimate of drug-likeness (QED) is 0.754. The molecular formula is C21H29NO3. The van der Waals surface area contributed by atoms with Crippen molar-refractivity contribution in [1.82, 2.24) is 4.90 Å². The van der Waals surface area contributed by atoms with E-state index >= 15 is 0 Å². The molecule has 0 aliphatic rings. The molecule has 1 unspecified atom stereocenters. The average Bonchev–Trinajstić information content (AvgIpc) is 2.61. The summed E-state index contributed by atoms with van der Waals surface area (Å²) in [6.07, 6.45) is -0.546. The Labute approximate surface area is 151 Å². The summed E-state index contributed by atoms with van der Waals surface area (Å²) in [5.41, 5.74) is 2.51. The van der Waals surface area contributed by atoms with Crippen molar-refractivity contribution >= 4 is 0 Å². The van der Waals surface area contributed by atoms with E-state index in [1.54, 1.807) is 7.11 Å². The first-order chi connectivity index (χ1) is 12.0. The molecule has 0 amide bonds. The van der Waals surface area contributed by atoms with Crippen LogP contribution in [0.4, 0.5) is 0 Å². The van der Waals surface area contributed by atoms with Crippen molar-refractivity contribution in [2.24, 2.45) is 0 Å². The minimum absolute atomic E-state index is 0.267. The van der Waals surface area contributed by atoms with Gasteiger partial charge in [0, 0.05) is 19.1 Å². The van der Waals surface area contributed by atoms with Crippen LogP contribution in [-0.4, -0.2) is 42.4 Å². The summed E-state index contributed by atoms with van der Waals surface area (Å²) in [4.78, 5) is 2.26. The maximum Gasteiger partial charge on any atom is 0.119 e. The molecule has 0 bridgehead atoms. The third-order valence-corrected chi connectivity index (χ3v) is 4.18. The smallest absolute Gasteiger partial charge is 0.119 e. The van der Waals surface area contributed by atoms with Gasteiger partial charge in [0.25, 0.3) is 0 Å². The summed E-state index contributed by atoms with van der Waals surface area (Å²) in [6, 6.07) is 16.3. The van der Waals surface area contributed by atoms with Crippen LogP contribution in [-0.2, 0) is 6.54 Å². The largest absolute Gasteiger partial charge is 0.497 e. The number of hydrogen-bond donors (Lipinski definition) is 1. The maximum atomic E-state index is 10.4. The molecule has 0 aliphatic heterocycles. The number of methoxy groups -OCH3 is 1. The van der Waals surface area contributed by atoms with Gasteiger partial charge in [-0.25, -0.2) is 0 Å². The standard InChI is InChI=1S/C21H29NO3/c1-16(2)22(13-18-7-5-17(3)6-8-18)14-19(23)15-25-21-11-9-20(24-4)10-12-21/h5-12,16,19,23H,13-15H2,1-4H3. The molecule has 4 nitrogen and oxygen atoms in total. The van der Waals surface area contributed by atoms with Gasteiger partial charge in [-0.15, -0.1) is 0 Å². The summed E-state index contributed by atoms with van der Waals surface area (Å²) in [7, 11) is 1.63. The Morgan fingerprint density at radius 3 is 2.12 bits per heavy atom. The fourth-order valence-electron chi connectivity index (χ4n) is 2.57. The highest BCUT2D eigenvalue weighted by Crippen LogP contribution is 2.17. The van der Waals surface area contributed by atoms with Crippen molar-refractivity contribution in [3.8, 4) is 11.5 Å². The van der Waals surface area contributed by atoms with Gasteiger partial charge in [0.1, 0.15) is 24.2 Å². The monoisotopic (exact) mass is 343 g/mol. The third kappa shape index (κ3) is 6.40. The second-order valence-corrected chi connectivity index (χ2v) is 6.65. The van der Waals surface area contributed by atoms with Crippen LogP contribution < -0.4 is 9.47 Å². The molecule has 0 heterocycles. The average molecular weight is 343 g/mol. The van der Waals surface area contributed by atoms with E-state index in [2.05, 4.69) is 49.9 Å². The highest BCUT2D eigenvalue weighted by atomic mass is 16.5. The van der Waals surface area contributed by atoms with Crippen LogP contribution in [0.15, 0.2) is 48.5 Å². The van der Waals surface area contributed by atoms with E-state index in [-0.39, 0.29) is 6.61 Å². The van der Waals surface area contributed by atoms with E-state index in [9.17, 15) is 5.11 Å². The van der Waals surface area contributed by atoms with Gasteiger partial charge in [-0.2, -0.15) is 0 Å². The zero-order valence-electron chi connectivity index (χ0n) is 15.6. The fraction of sp³-hybridized carbons (Fsp3) is 0.429. The molecule has 2 aromatic carbocycles. The number of ether oxygens (including phenoxy) is 2. The van der Waals surface area contributed by atoms with Crippen molar-refractivity contribution in [3.05, 3.63) is 59.7 Å². The number of aliphatic hydroxyl groups excluding tert-OH is 1. The molecule has 2 aromatic rings. The Morgan fingerprint density at radius 2 is 1.56 bits per heavy atom. The summed E-state index contributed by atoms with van der Waals surface area (Å²) in [5, 5.41) is 10.4. The Hall–Kier alpha value is -2.04. The number of aliphatic hydroxyl groups is 1. The van der Waals surface area contributed by atoms with Crippen LogP contribution in [0.5, 0.6) is 11.5 Å². The van der Waals surface area contributed by atoms with Crippen LogP contribution in [0.2, 0.25) is 0 Å². The lowest BCUT2D eigenvalue weighted by molar-refractivity contribution is 0.0543. The van der Waals surface area contributed by atoms with Gasteiger partial charge >= 0.3 is 0 Å². The molecular weight excluding hydrogens is 314 g/mol. The minimum atomic E-state index is -0.546. The Morgan fingerprint density at radius 1 is 0.960 bits per heavy atom. The van der Waals surface area contributed by atoms with E-state index in [1.165, 1.54) is 11.1 Å². The summed E-state index contributed by atoms with van der Waals surface area (Å²) in [5.74, 6) is 1.52. The first-order valence-corrected chi connectivity index (χ1v) is 8.72. The van der Waals surface area contributed by atoms with E-state index < -0.39 is 6.10 Å². The number of aryl methyl sites for hydroxylation is 1. The van der Waals surface area contributed by atoms with Crippen molar-refractivity contribution in [2.75, 3.05) is 20.3 Å². The molecule has 2 rings (SSSR count). The second-order valence-electron chi connectivity index (χ2n) is 6.65. The number of nitrogens with zero attached hydrogens (tertiary/aromatic N) is 1. The third-order valence-electron chi connectivity index (χ3n) is 4.18. The van der Waals surface area contributed by atoms with Gasteiger partial charge in [-0.05, 0) is 50.6 Å². The molecule has 0 saturated heterocycles. The molecule has 0 spiro atoms. The summed E-state index contributed by atoms with van der Waals surface area (Å²) < 4.78 is 10.8. The highest BCUT2D eigenvalue weighted by Gasteiger charge is 2.16. The molecule has 25 heavy (non-hydrogen) atoms. The molecule has 0 fully saturated rings. The molecule has 1 N–H and O–H groups in total. The van der Waals surface area contributed by atoms with Gasteiger partial charge in [-0.3, -0.25) is 4.90 Å². The van der Waals surface area contributed by atoms with E-state index in [0.717, 1.165) is 18.0 Å². The predicted octanol–water partition coefficient (Wildman–Crippen LogP) is 3.65. The topological polar surface area (TPSA) is 41.9 Å². The first-order valence-electron chi connectivity index (χ1n) is 8.72. The van der Waals surface area contributed by atoms with Gasteiger partial charge in [0.15, 0.2) is 0 Å². The predicted molar refractivity (Wildman–Crippen MR) is 101 cm³/mol. The highest BCUT2D eigenvalue weighted by molar-refractivity contribution is 5.31. The van der Waals surface area contributed by atoms with Crippen molar-refractivity contribution in [1.29, 1.82) is 0 Å². The van der Waals surface area contributed by atoms with E-state index in [0.29, 0.717) is 12.6 Å². The zero-order chi connectivity index (χ0) is 18.2. The van der Waals surface area contributed by atoms with Crippen molar-refractivity contribution in [2.45, 2.75) is 39.5 Å². The SMILES string of the molecule is COc1ccc(OCC(O)CN(Cc2ccc(C)cc2)C(C)C)cc1. The van der Waals surface area contributed by atoms with Crippen LogP contribution in [0.25, 0.3) is 0 Å². The van der Waals surface area contributed by atoms with Gasteiger partial charge in [-0.1, -0.05) is 29.8 Å². The van der Waals surface area contributed by atoms with E-state index in [1.807, 2.05) is 24.3 Å². The fourth-order valence-corrected chi connectivity index (χ4v) is 2.57. The molecule has 0 saturated carbocycles. The Bertz CT molecular complexity index is 623. The lowest BCUT2D eigenvalue weighted by Gasteiger charge is -2.29. The van der Waals surface area contributed by atoms with Crippen LogP contribution in [0, 0.1) is 6.92 Å². The Balaban J connectivity index is 1.86. The van der Waals surface area contributed by atoms with Gasteiger partial charge < -0.3 is 14.6 Å². The summed E-state index contributed by atoms with van der Waals surface area (Å²) >= 11 is 0. The van der Waals surface area contributed by atoms with Gasteiger partial charge in [0.2, 0.25) is 0 Å². The number of hydrogen-bond acceptors (Lipinski definition) is 4. The maximum absolute atomic E-state index is 10.4. The Kier molecular flexibility index (Phi) is 7.29. The lowest BCUT2D eigenvalue weighted by atomic mass is 10.1. The molecule has 0 aliphatic carbocycles. The second kappa shape index (κ2) is 9.44. The molecule has 136 valence electrons. The number of benzene rings is 2. The van der Waals surface area contributed by atoms with E-state index in [4.69, 9.17) is 9.47 Å². The minimum Gasteiger partial charge on any atom is -0.497 e. The normalized spacial score (nSPS) is 12.4. The lowest BCUT2D eigenvalue weighted by Crippen LogP contribution is -2.39. The van der Waals surface area contributed by atoms with Crippen molar-refractivity contribution < 1.29 is 14.6 Å². The molecule has 0 radical (unpaired) electrons. The first kappa shape index (κ1) is 19.3. The molecule has 1 atom stereocenters. The van der Waals surface area contributed by atoms with Crippen LogP contribution in [0.3, 0.4) is 0 Å². The zero-order valence-corrected chi connectivity index (χ0v) is 15.6. The summed E-state index contributed by atoms with van der Waals surface area (Å²) in [6.45, 7) is 8.03. The molecule has 0 aromatic heterocycles. The molecule has 4 heteroatoms.